The first-order valence-corrected chi connectivity index (χ1v) is 9.34. The summed E-state index contributed by atoms with van der Waals surface area (Å²) in [5.74, 6) is 0.573. The lowest BCUT2D eigenvalue weighted by Crippen LogP contribution is -2.09. The van der Waals surface area contributed by atoms with Crippen molar-refractivity contribution in [2.45, 2.75) is 6.92 Å². The highest BCUT2D eigenvalue weighted by atomic mass is 16.5. The first kappa shape index (κ1) is 19.2. The Labute approximate surface area is 173 Å². The first-order chi connectivity index (χ1) is 14.5. The molecule has 150 valence electrons. The van der Waals surface area contributed by atoms with Gasteiger partial charge in [-0.1, -0.05) is 24.3 Å². The van der Waals surface area contributed by atoms with E-state index in [1.165, 1.54) is 0 Å². The number of aryl methyl sites for hydroxylation is 1. The number of hydrogen-bond acceptors (Lipinski definition) is 6. The SMILES string of the molecule is Cc1cc(Nc2nc(-c3cccc(OCC(=O)O)c3)nc3ccccc23)ccc1N. The molecule has 0 amide bonds. The van der Waals surface area contributed by atoms with Crippen molar-refractivity contribution < 1.29 is 14.6 Å². The molecule has 0 saturated heterocycles. The number of aromatic nitrogens is 2. The number of nitrogens with two attached hydrogens (primary N) is 1. The van der Waals surface area contributed by atoms with Crippen molar-refractivity contribution in [2.75, 3.05) is 17.7 Å². The number of benzene rings is 3. The number of nitrogens with one attached hydrogen (secondary N) is 1. The number of nitrogen functional groups attached to an aromatic ring is 1. The number of carbonyl (C=O) groups is 1. The predicted molar refractivity (Wildman–Crippen MR) is 117 cm³/mol. The fraction of sp³-hybridized carbons (Fsp3) is 0.0870. The van der Waals surface area contributed by atoms with Gasteiger partial charge in [-0.25, -0.2) is 14.8 Å². The zero-order valence-electron chi connectivity index (χ0n) is 16.3. The van der Waals surface area contributed by atoms with E-state index >= 15 is 0 Å². The van der Waals surface area contributed by atoms with Gasteiger partial charge in [-0.2, -0.15) is 0 Å². The second kappa shape index (κ2) is 8.08. The van der Waals surface area contributed by atoms with Crippen LogP contribution in [0.25, 0.3) is 22.3 Å². The number of para-hydroxylation sites is 1. The molecular weight excluding hydrogens is 380 g/mol. The van der Waals surface area contributed by atoms with Crippen molar-refractivity contribution in [3.63, 3.8) is 0 Å². The normalized spacial score (nSPS) is 10.7. The third-order valence-corrected chi connectivity index (χ3v) is 4.59. The summed E-state index contributed by atoms with van der Waals surface area (Å²) >= 11 is 0. The summed E-state index contributed by atoms with van der Waals surface area (Å²) in [6.07, 6.45) is 0. The second-order valence-corrected chi connectivity index (χ2v) is 6.82. The van der Waals surface area contributed by atoms with Gasteiger partial charge >= 0.3 is 5.97 Å². The van der Waals surface area contributed by atoms with Crippen LogP contribution in [-0.4, -0.2) is 27.7 Å². The topological polar surface area (TPSA) is 110 Å². The molecule has 1 heterocycles. The van der Waals surface area contributed by atoms with E-state index in [0.717, 1.165) is 33.4 Å². The summed E-state index contributed by atoms with van der Waals surface area (Å²) in [6, 6.07) is 20.5. The third-order valence-electron chi connectivity index (χ3n) is 4.59. The number of rotatable bonds is 6. The van der Waals surface area contributed by atoms with E-state index in [4.69, 9.17) is 20.6 Å². The largest absolute Gasteiger partial charge is 0.482 e. The van der Waals surface area contributed by atoms with Crippen LogP contribution in [0.4, 0.5) is 17.2 Å². The van der Waals surface area contributed by atoms with E-state index in [-0.39, 0.29) is 0 Å². The molecule has 0 unspecified atom stereocenters. The van der Waals surface area contributed by atoms with Gasteiger partial charge in [0, 0.05) is 22.3 Å². The molecule has 0 fully saturated rings. The summed E-state index contributed by atoms with van der Waals surface area (Å²) < 4.78 is 5.28. The van der Waals surface area contributed by atoms with E-state index in [1.807, 2.05) is 55.5 Å². The summed E-state index contributed by atoms with van der Waals surface area (Å²) in [6.45, 7) is 1.54. The molecule has 0 aliphatic rings. The number of anilines is 3. The third kappa shape index (κ3) is 4.15. The van der Waals surface area contributed by atoms with Crippen LogP contribution in [0.15, 0.2) is 66.7 Å². The maximum Gasteiger partial charge on any atom is 0.341 e. The van der Waals surface area contributed by atoms with Crippen molar-refractivity contribution in [3.8, 4) is 17.1 Å². The monoisotopic (exact) mass is 400 g/mol. The highest BCUT2D eigenvalue weighted by Crippen LogP contribution is 2.29. The predicted octanol–water partition coefficient (Wildman–Crippen LogP) is 4.39. The highest BCUT2D eigenvalue weighted by molar-refractivity contribution is 5.92. The fourth-order valence-electron chi connectivity index (χ4n) is 3.06. The van der Waals surface area contributed by atoms with Crippen molar-refractivity contribution in [3.05, 3.63) is 72.3 Å². The number of nitrogens with zero attached hydrogens (tertiary/aromatic N) is 2. The molecule has 0 radical (unpaired) electrons. The molecule has 7 nitrogen and oxygen atoms in total. The van der Waals surface area contributed by atoms with Crippen LogP contribution in [-0.2, 0) is 4.79 Å². The average molecular weight is 400 g/mol. The highest BCUT2D eigenvalue weighted by Gasteiger charge is 2.11. The van der Waals surface area contributed by atoms with Crippen LogP contribution in [0.2, 0.25) is 0 Å². The lowest BCUT2D eigenvalue weighted by molar-refractivity contribution is -0.139. The van der Waals surface area contributed by atoms with E-state index in [9.17, 15) is 4.79 Å². The molecule has 1 aromatic heterocycles. The Morgan fingerprint density at radius 3 is 2.70 bits per heavy atom. The van der Waals surface area contributed by atoms with Crippen molar-refractivity contribution >= 4 is 34.1 Å². The molecule has 4 aromatic rings. The lowest BCUT2D eigenvalue weighted by atomic mass is 10.1. The number of hydrogen-bond donors (Lipinski definition) is 3. The van der Waals surface area contributed by atoms with Gasteiger partial charge in [-0.3, -0.25) is 0 Å². The first-order valence-electron chi connectivity index (χ1n) is 9.34. The minimum atomic E-state index is -1.03. The summed E-state index contributed by atoms with van der Waals surface area (Å²) in [7, 11) is 0. The molecule has 30 heavy (non-hydrogen) atoms. The molecule has 0 saturated carbocycles. The van der Waals surface area contributed by atoms with Crippen LogP contribution in [0.3, 0.4) is 0 Å². The number of carboxylic acid groups (broad SMARTS) is 1. The summed E-state index contributed by atoms with van der Waals surface area (Å²) in [5, 5.41) is 13.1. The van der Waals surface area contributed by atoms with Gasteiger partial charge in [0.15, 0.2) is 12.4 Å². The van der Waals surface area contributed by atoms with Gasteiger partial charge in [0.1, 0.15) is 11.6 Å². The van der Waals surface area contributed by atoms with Gasteiger partial charge in [-0.05, 0) is 55.0 Å². The van der Waals surface area contributed by atoms with E-state index < -0.39 is 12.6 Å². The van der Waals surface area contributed by atoms with Gasteiger partial charge in [0.05, 0.1) is 5.52 Å². The Bertz CT molecular complexity index is 1240. The quantitative estimate of drug-likeness (QED) is 0.412. The van der Waals surface area contributed by atoms with Gasteiger partial charge in [0.25, 0.3) is 0 Å². The molecule has 0 aliphatic carbocycles. The van der Waals surface area contributed by atoms with E-state index in [1.54, 1.807) is 18.2 Å². The molecule has 0 spiro atoms. The molecule has 0 bridgehead atoms. The number of aliphatic carboxylic acids is 1. The second-order valence-electron chi connectivity index (χ2n) is 6.82. The lowest BCUT2D eigenvalue weighted by Gasteiger charge is -2.12. The molecule has 3 aromatic carbocycles. The molecule has 4 N–H and O–H groups in total. The Morgan fingerprint density at radius 1 is 1.07 bits per heavy atom. The average Bonchev–Trinajstić information content (AvgIpc) is 2.75. The summed E-state index contributed by atoms with van der Waals surface area (Å²) in [4.78, 5) is 20.2. The molecule has 7 heteroatoms. The molecule has 4 rings (SSSR count). The van der Waals surface area contributed by atoms with Crippen LogP contribution in [0, 0.1) is 6.92 Å². The minimum absolute atomic E-state index is 0.411. The van der Waals surface area contributed by atoms with Crippen molar-refractivity contribution in [1.82, 2.24) is 9.97 Å². The van der Waals surface area contributed by atoms with Crippen LogP contribution in [0.5, 0.6) is 5.75 Å². The summed E-state index contributed by atoms with van der Waals surface area (Å²) in [5.41, 5.74) is 10.0. The Hall–Kier alpha value is -4.13. The van der Waals surface area contributed by atoms with Crippen molar-refractivity contribution in [2.24, 2.45) is 0 Å². The smallest absolute Gasteiger partial charge is 0.341 e. The maximum atomic E-state index is 10.8. The number of ether oxygens (including phenoxy) is 1. The fourth-order valence-corrected chi connectivity index (χ4v) is 3.06. The minimum Gasteiger partial charge on any atom is -0.482 e. The molecule has 0 aliphatic heterocycles. The van der Waals surface area contributed by atoms with E-state index in [2.05, 4.69) is 10.3 Å². The van der Waals surface area contributed by atoms with Crippen LogP contribution >= 0.6 is 0 Å². The maximum absolute atomic E-state index is 10.8. The number of fused-ring (bicyclic) bond motifs is 1. The van der Waals surface area contributed by atoms with Crippen molar-refractivity contribution in [1.29, 1.82) is 0 Å². The van der Waals surface area contributed by atoms with Gasteiger partial charge < -0.3 is 20.9 Å². The van der Waals surface area contributed by atoms with Crippen LogP contribution in [0.1, 0.15) is 5.56 Å². The van der Waals surface area contributed by atoms with Gasteiger partial charge in [-0.15, -0.1) is 0 Å². The van der Waals surface area contributed by atoms with Gasteiger partial charge in [0.2, 0.25) is 0 Å². The Morgan fingerprint density at radius 2 is 1.90 bits per heavy atom. The number of carboxylic acids is 1. The Kier molecular flexibility index (Phi) is 5.17. The van der Waals surface area contributed by atoms with E-state index in [0.29, 0.717) is 17.4 Å². The standard InChI is InChI=1S/C23H20N4O3/c1-14-11-16(9-10-19(14)24)25-23-18-7-2-3-8-20(18)26-22(27-23)15-5-4-6-17(12-15)30-13-21(28)29/h2-12H,13,24H2,1H3,(H,28,29)(H,25,26,27). The molecular formula is C23H20N4O3. The Balaban J connectivity index is 1.76. The zero-order valence-corrected chi connectivity index (χ0v) is 16.3. The zero-order chi connectivity index (χ0) is 21.1. The molecule has 0 atom stereocenters. The van der Waals surface area contributed by atoms with Crippen LogP contribution < -0.4 is 15.8 Å².